The highest BCUT2D eigenvalue weighted by atomic mass is 19.1. The van der Waals surface area contributed by atoms with Crippen LogP contribution in [0.2, 0.25) is 0 Å². The van der Waals surface area contributed by atoms with Gasteiger partial charge in [-0.05, 0) is 30.5 Å². The van der Waals surface area contributed by atoms with Crippen LogP contribution < -0.4 is 10.5 Å². The Hall–Kier alpha value is -2.70. The molecule has 2 heterocycles. The molecule has 2 aromatic rings. The van der Waals surface area contributed by atoms with E-state index in [4.69, 9.17) is 0 Å². The second-order valence-corrected chi connectivity index (χ2v) is 5.77. The molecule has 1 unspecified atom stereocenters. The molecule has 0 fully saturated rings. The van der Waals surface area contributed by atoms with Crippen LogP contribution in [0.3, 0.4) is 0 Å². The van der Waals surface area contributed by atoms with Crippen LogP contribution in [-0.4, -0.2) is 29.7 Å². The van der Waals surface area contributed by atoms with E-state index >= 15 is 0 Å². The largest absolute Gasteiger partial charge is 0.468 e. The number of hydrogen-bond acceptors (Lipinski definition) is 5. The van der Waals surface area contributed by atoms with Gasteiger partial charge in [0.2, 0.25) is 0 Å². The van der Waals surface area contributed by atoms with Crippen molar-refractivity contribution in [3.63, 3.8) is 0 Å². The van der Waals surface area contributed by atoms with Crippen molar-refractivity contribution in [2.45, 2.75) is 25.4 Å². The first-order valence-corrected chi connectivity index (χ1v) is 7.64. The lowest BCUT2D eigenvalue weighted by atomic mass is 9.95. The highest BCUT2D eigenvalue weighted by Crippen LogP contribution is 2.34. The van der Waals surface area contributed by atoms with Gasteiger partial charge in [-0.2, -0.15) is 0 Å². The number of hydrogen-bond donors (Lipinski definition) is 0. The number of esters is 1. The third-order valence-corrected chi connectivity index (χ3v) is 4.35. The maximum Gasteiger partial charge on any atom is 0.325 e. The number of carbonyl (C=O) groups is 1. The van der Waals surface area contributed by atoms with E-state index in [9.17, 15) is 14.0 Å². The van der Waals surface area contributed by atoms with Gasteiger partial charge in [-0.15, -0.1) is 0 Å². The lowest BCUT2D eigenvalue weighted by Crippen LogP contribution is -2.38. The quantitative estimate of drug-likeness (QED) is 0.801. The maximum absolute atomic E-state index is 13.1. The smallest absolute Gasteiger partial charge is 0.325 e. The highest BCUT2D eigenvalue weighted by Gasteiger charge is 2.29. The van der Waals surface area contributed by atoms with E-state index in [1.807, 2.05) is 11.9 Å². The van der Waals surface area contributed by atoms with Crippen molar-refractivity contribution in [1.29, 1.82) is 0 Å². The minimum atomic E-state index is -0.507. The number of halogens is 1. The summed E-state index contributed by atoms with van der Waals surface area (Å²) in [4.78, 5) is 30.3. The van der Waals surface area contributed by atoms with E-state index in [1.54, 1.807) is 12.1 Å². The van der Waals surface area contributed by atoms with Crippen molar-refractivity contribution in [1.82, 2.24) is 9.55 Å². The minimum absolute atomic E-state index is 0.0402. The van der Waals surface area contributed by atoms with Crippen LogP contribution in [0.5, 0.6) is 0 Å². The molecule has 1 aromatic carbocycles. The second-order valence-electron chi connectivity index (χ2n) is 5.77. The molecular formula is C17H18FN3O3. The summed E-state index contributed by atoms with van der Waals surface area (Å²) in [6, 6.07) is 6.24. The number of methoxy groups -OCH3 is 1. The Balaban J connectivity index is 1.97. The first-order valence-electron chi connectivity index (χ1n) is 7.64. The average molecular weight is 331 g/mol. The molecule has 7 heteroatoms. The molecule has 6 nitrogen and oxygen atoms in total. The molecule has 1 aliphatic rings. The van der Waals surface area contributed by atoms with Crippen LogP contribution in [0.1, 0.15) is 23.7 Å². The van der Waals surface area contributed by atoms with Gasteiger partial charge in [-0.25, -0.2) is 9.37 Å². The molecule has 0 N–H and O–H groups in total. The number of fused-ring (bicyclic) bond motifs is 1. The molecule has 126 valence electrons. The van der Waals surface area contributed by atoms with Gasteiger partial charge in [-0.1, -0.05) is 12.1 Å². The Morgan fingerprint density at radius 1 is 1.38 bits per heavy atom. The zero-order valence-corrected chi connectivity index (χ0v) is 13.5. The van der Waals surface area contributed by atoms with Crippen LogP contribution in [0, 0.1) is 5.82 Å². The van der Waals surface area contributed by atoms with Gasteiger partial charge in [0, 0.05) is 7.05 Å². The third kappa shape index (κ3) is 2.89. The molecule has 3 rings (SSSR count). The van der Waals surface area contributed by atoms with E-state index in [2.05, 4.69) is 9.72 Å². The summed E-state index contributed by atoms with van der Waals surface area (Å²) in [5.41, 5.74) is 1.84. The van der Waals surface area contributed by atoms with E-state index in [0.29, 0.717) is 17.8 Å². The Morgan fingerprint density at radius 2 is 2.08 bits per heavy atom. The van der Waals surface area contributed by atoms with Gasteiger partial charge in [0.25, 0.3) is 5.56 Å². The Kier molecular flexibility index (Phi) is 4.33. The number of aryl methyl sites for hydroxylation is 1. The monoisotopic (exact) mass is 331 g/mol. The number of carbonyl (C=O) groups excluding carboxylic acids is 1. The number of anilines is 1. The Labute approximate surface area is 138 Å². The van der Waals surface area contributed by atoms with Crippen molar-refractivity contribution in [3.8, 4) is 0 Å². The Bertz CT molecular complexity index is 817. The molecule has 24 heavy (non-hydrogen) atoms. The standard InChI is InChI=1S/C17H18FN3O3/c1-20-14(11-3-5-12(18)6-4-11)8-7-13-16(20)17(23)21(10-19-13)9-15(22)24-2/h3-6,10,14H,7-9H2,1-2H3. The topological polar surface area (TPSA) is 64.4 Å². The van der Waals surface area contributed by atoms with Crippen LogP contribution in [0.4, 0.5) is 10.1 Å². The summed E-state index contributed by atoms with van der Waals surface area (Å²) in [6.07, 6.45) is 2.81. The maximum atomic E-state index is 13.1. The summed E-state index contributed by atoms with van der Waals surface area (Å²) >= 11 is 0. The van der Waals surface area contributed by atoms with Gasteiger partial charge < -0.3 is 9.64 Å². The first kappa shape index (κ1) is 16.2. The van der Waals surface area contributed by atoms with Crippen LogP contribution in [0.25, 0.3) is 0 Å². The first-order chi connectivity index (χ1) is 11.5. The summed E-state index contributed by atoms with van der Waals surface area (Å²) in [5, 5.41) is 0. The molecule has 0 radical (unpaired) electrons. The van der Waals surface area contributed by atoms with Crippen molar-refractivity contribution in [3.05, 3.63) is 58.0 Å². The van der Waals surface area contributed by atoms with E-state index < -0.39 is 5.97 Å². The zero-order valence-electron chi connectivity index (χ0n) is 13.5. The molecule has 1 aromatic heterocycles. The second kappa shape index (κ2) is 6.43. The van der Waals surface area contributed by atoms with Crippen molar-refractivity contribution in [2.75, 3.05) is 19.1 Å². The molecular weight excluding hydrogens is 313 g/mol. The van der Waals surface area contributed by atoms with Gasteiger partial charge in [-0.3, -0.25) is 14.2 Å². The van der Waals surface area contributed by atoms with E-state index in [1.165, 1.54) is 30.1 Å². The summed E-state index contributed by atoms with van der Waals surface area (Å²) in [6.45, 7) is -0.176. The van der Waals surface area contributed by atoms with Gasteiger partial charge in [0.15, 0.2) is 0 Å². The highest BCUT2D eigenvalue weighted by molar-refractivity contribution is 5.69. The van der Waals surface area contributed by atoms with Gasteiger partial charge >= 0.3 is 5.97 Å². The fourth-order valence-corrected chi connectivity index (χ4v) is 3.06. The molecule has 0 spiro atoms. The minimum Gasteiger partial charge on any atom is -0.468 e. The predicted octanol–water partition coefficient (Wildman–Crippen LogP) is 1.68. The molecule has 0 bridgehead atoms. The van der Waals surface area contributed by atoms with Gasteiger partial charge in [0.05, 0.1) is 25.2 Å². The Morgan fingerprint density at radius 3 is 2.75 bits per heavy atom. The number of rotatable bonds is 3. The third-order valence-electron chi connectivity index (χ3n) is 4.35. The molecule has 0 saturated carbocycles. The lowest BCUT2D eigenvalue weighted by molar-refractivity contribution is -0.141. The van der Waals surface area contributed by atoms with E-state index in [-0.39, 0.29) is 24.0 Å². The van der Waals surface area contributed by atoms with Crippen LogP contribution in [-0.2, 0) is 22.5 Å². The lowest BCUT2D eigenvalue weighted by Gasteiger charge is -2.35. The number of benzene rings is 1. The molecule has 0 saturated heterocycles. The molecule has 1 aliphatic heterocycles. The van der Waals surface area contributed by atoms with Crippen molar-refractivity contribution < 1.29 is 13.9 Å². The fourth-order valence-electron chi connectivity index (χ4n) is 3.06. The van der Waals surface area contributed by atoms with Gasteiger partial charge in [0.1, 0.15) is 18.0 Å². The van der Waals surface area contributed by atoms with E-state index in [0.717, 1.165) is 12.0 Å². The van der Waals surface area contributed by atoms with Crippen LogP contribution in [0.15, 0.2) is 35.4 Å². The molecule has 0 amide bonds. The normalized spacial score (nSPS) is 16.6. The molecule has 0 aliphatic carbocycles. The number of ether oxygens (including phenoxy) is 1. The predicted molar refractivity (Wildman–Crippen MR) is 86.4 cm³/mol. The SMILES string of the molecule is COC(=O)Cn1cnc2c(c1=O)N(C)C(c1ccc(F)cc1)CC2. The zero-order chi connectivity index (χ0) is 17.3. The van der Waals surface area contributed by atoms with Crippen molar-refractivity contribution >= 4 is 11.7 Å². The van der Waals surface area contributed by atoms with Crippen LogP contribution >= 0.6 is 0 Å². The molecule has 1 atom stereocenters. The van der Waals surface area contributed by atoms with Crippen molar-refractivity contribution in [2.24, 2.45) is 0 Å². The average Bonchev–Trinajstić information content (AvgIpc) is 2.58. The number of nitrogens with zero attached hydrogens (tertiary/aromatic N) is 3. The fraction of sp³-hybridized carbons (Fsp3) is 0.353. The summed E-state index contributed by atoms with van der Waals surface area (Å²) in [7, 11) is 3.09. The number of aromatic nitrogens is 2. The summed E-state index contributed by atoms with van der Waals surface area (Å²) < 4.78 is 19.0. The summed E-state index contributed by atoms with van der Waals surface area (Å²) in [5.74, 6) is -0.799.